The van der Waals surface area contributed by atoms with Gasteiger partial charge in [-0.2, -0.15) is 0 Å². The van der Waals surface area contributed by atoms with Crippen molar-refractivity contribution < 1.29 is 5.11 Å². The van der Waals surface area contributed by atoms with Crippen LogP contribution in [0.25, 0.3) is 0 Å². The molecule has 0 unspecified atom stereocenters. The number of aromatic nitrogens is 3. The molecule has 0 spiro atoms. The first kappa shape index (κ1) is 17.7. The second-order valence-electron chi connectivity index (χ2n) is 7.34. The fourth-order valence-electron chi connectivity index (χ4n) is 3.82. The van der Waals surface area contributed by atoms with Crippen molar-refractivity contribution in [3.63, 3.8) is 0 Å². The predicted molar refractivity (Wildman–Crippen MR) is 107 cm³/mol. The van der Waals surface area contributed by atoms with Gasteiger partial charge in [-0.25, -0.2) is 9.97 Å². The summed E-state index contributed by atoms with van der Waals surface area (Å²) in [6.45, 7) is 2.69. The van der Waals surface area contributed by atoms with Crippen LogP contribution in [0.5, 0.6) is 0 Å². The molecule has 1 atom stereocenters. The van der Waals surface area contributed by atoms with Crippen LogP contribution in [-0.2, 0) is 13.0 Å². The normalized spacial score (nSPS) is 16.4. The van der Waals surface area contributed by atoms with Crippen LogP contribution in [0.3, 0.4) is 0 Å². The van der Waals surface area contributed by atoms with Gasteiger partial charge in [0, 0.05) is 38.2 Å². The molecular formula is C22H26N4O. The summed E-state index contributed by atoms with van der Waals surface area (Å²) in [7, 11) is 0. The lowest BCUT2D eigenvalue weighted by Gasteiger charge is -2.35. The predicted octanol–water partition coefficient (Wildman–Crippen LogP) is 3.15. The van der Waals surface area contributed by atoms with Gasteiger partial charge in [-0.15, -0.1) is 0 Å². The standard InChI is InChI=1S/C22H26N4O/c27-21(14-18-4-2-1-3-5-18)20-8-11-26(12-9-20)22-7-6-19(15-24-22)16-25-13-10-23-17-25/h1-7,10,13,15,17,20-21,27H,8-9,11-12,14,16H2/t21-/m1/s1. The lowest BCUT2D eigenvalue weighted by atomic mass is 9.88. The number of hydrogen-bond acceptors (Lipinski definition) is 4. The highest BCUT2D eigenvalue weighted by Crippen LogP contribution is 2.26. The van der Waals surface area contributed by atoms with Crippen LogP contribution < -0.4 is 4.90 Å². The Hall–Kier alpha value is -2.66. The van der Waals surface area contributed by atoms with Crippen LogP contribution in [0.2, 0.25) is 0 Å². The summed E-state index contributed by atoms with van der Waals surface area (Å²) in [4.78, 5) is 11.0. The second-order valence-corrected chi connectivity index (χ2v) is 7.34. The lowest BCUT2D eigenvalue weighted by Crippen LogP contribution is -2.38. The highest BCUT2D eigenvalue weighted by molar-refractivity contribution is 5.39. The molecule has 1 N–H and O–H groups in total. The van der Waals surface area contributed by atoms with Gasteiger partial charge in [-0.05, 0) is 42.4 Å². The van der Waals surface area contributed by atoms with E-state index in [2.05, 4.69) is 39.1 Å². The molecule has 0 bridgehead atoms. The quantitative estimate of drug-likeness (QED) is 0.732. The largest absolute Gasteiger partial charge is 0.392 e. The molecule has 0 radical (unpaired) electrons. The number of piperidine rings is 1. The van der Waals surface area contributed by atoms with Gasteiger partial charge in [-0.1, -0.05) is 36.4 Å². The Labute approximate surface area is 160 Å². The molecule has 1 fully saturated rings. The van der Waals surface area contributed by atoms with Gasteiger partial charge in [0.25, 0.3) is 0 Å². The number of aliphatic hydroxyl groups is 1. The van der Waals surface area contributed by atoms with Gasteiger partial charge in [0.15, 0.2) is 0 Å². The van der Waals surface area contributed by atoms with Crippen LogP contribution in [-0.4, -0.2) is 38.8 Å². The molecule has 5 heteroatoms. The Morgan fingerprint density at radius 3 is 2.52 bits per heavy atom. The fourth-order valence-corrected chi connectivity index (χ4v) is 3.82. The minimum Gasteiger partial charge on any atom is -0.392 e. The summed E-state index contributed by atoms with van der Waals surface area (Å²) in [6.07, 6.45) is 10.0. The molecular weight excluding hydrogens is 336 g/mol. The Morgan fingerprint density at radius 1 is 1.04 bits per heavy atom. The SMILES string of the molecule is O[C@H](Cc1ccccc1)C1CCN(c2ccc(Cn3ccnc3)cn2)CC1. The molecule has 1 aromatic carbocycles. The van der Waals surface area contributed by atoms with E-state index in [1.54, 1.807) is 6.20 Å². The van der Waals surface area contributed by atoms with E-state index in [0.29, 0.717) is 5.92 Å². The van der Waals surface area contributed by atoms with Gasteiger partial charge >= 0.3 is 0 Å². The van der Waals surface area contributed by atoms with E-state index in [-0.39, 0.29) is 6.10 Å². The Bertz CT molecular complexity index is 809. The Balaban J connectivity index is 1.29. The van der Waals surface area contributed by atoms with E-state index in [1.165, 1.54) is 11.1 Å². The second kappa shape index (κ2) is 8.35. The van der Waals surface area contributed by atoms with Crippen molar-refractivity contribution in [2.45, 2.75) is 31.9 Å². The van der Waals surface area contributed by atoms with Crippen LogP contribution in [0.15, 0.2) is 67.4 Å². The molecule has 3 heterocycles. The molecule has 0 amide bonds. The van der Waals surface area contributed by atoms with Crippen LogP contribution in [0.1, 0.15) is 24.0 Å². The summed E-state index contributed by atoms with van der Waals surface area (Å²) in [6, 6.07) is 14.5. The van der Waals surface area contributed by atoms with Crippen LogP contribution >= 0.6 is 0 Å². The number of aliphatic hydroxyl groups excluding tert-OH is 1. The topological polar surface area (TPSA) is 54.2 Å². The number of rotatable bonds is 6. The summed E-state index contributed by atoms with van der Waals surface area (Å²) in [5.41, 5.74) is 2.38. The Kier molecular flexibility index (Phi) is 5.49. The van der Waals surface area contributed by atoms with Crippen molar-refractivity contribution in [3.05, 3.63) is 78.5 Å². The van der Waals surface area contributed by atoms with Crippen molar-refractivity contribution in [2.75, 3.05) is 18.0 Å². The first-order valence-corrected chi connectivity index (χ1v) is 9.65. The molecule has 0 saturated carbocycles. The maximum absolute atomic E-state index is 10.6. The number of nitrogens with zero attached hydrogens (tertiary/aromatic N) is 4. The first-order valence-electron chi connectivity index (χ1n) is 9.65. The molecule has 27 heavy (non-hydrogen) atoms. The monoisotopic (exact) mass is 362 g/mol. The molecule has 2 aromatic heterocycles. The average molecular weight is 362 g/mol. The molecule has 1 aliphatic rings. The highest BCUT2D eigenvalue weighted by Gasteiger charge is 2.25. The van der Waals surface area contributed by atoms with E-state index >= 15 is 0 Å². The summed E-state index contributed by atoms with van der Waals surface area (Å²) in [5.74, 6) is 1.39. The molecule has 1 aliphatic heterocycles. The average Bonchev–Trinajstić information content (AvgIpc) is 3.22. The van der Waals surface area contributed by atoms with Crippen LogP contribution in [0, 0.1) is 5.92 Å². The van der Waals surface area contributed by atoms with Gasteiger partial charge in [0.2, 0.25) is 0 Å². The number of benzene rings is 1. The third-order valence-corrected chi connectivity index (χ3v) is 5.43. The van der Waals surface area contributed by atoms with E-state index in [0.717, 1.165) is 44.7 Å². The van der Waals surface area contributed by atoms with Crippen molar-refractivity contribution in [1.82, 2.24) is 14.5 Å². The third-order valence-electron chi connectivity index (χ3n) is 5.43. The number of hydrogen-bond donors (Lipinski definition) is 1. The van der Waals surface area contributed by atoms with Gasteiger partial charge < -0.3 is 14.6 Å². The number of anilines is 1. The molecule has 3 aromatic rings. The summed E-state index contributed by atoms with van der Waals surface area (Å²) < 4.78 is 2.04. The van der Waals surface area contributed by atoms with Crippen molar-refractivity contribution in [3.8, 4) is 0 Å². The summed E-state index contributed by atoms with van der Waals surface area (Å²) >= 11 is 0. The van der Waals surface area contributed by atoms with Gasteiger partial charge in [0.1, 0.15) is 5.82 Å². The zero-order valence-corrected chi connectivity index (χ0v) is 15.5. The highest BCUT2D eigenvalue weighted by atomic mass is 16.3. The van der Waals surface area contributed by atoms with E-state index in [9.17, 15) is 5.11 Å². The molecule has 1 saturated heterocycles. The molecule has 0 aliphatic carbocycles. The number of imidazole rings is 1. The zero-order valence-electron chi connectivity index (χ0n) is 15.5. The molecule has 140 valence electrons. The Morgan fingerprint density at radius 2 is 1.85 bits per heavy atom. The lowest BCUT2D eigenvalue weighted by molar-refractivity contribution is 0.0929. The van der Waals surface area contributed by atoms with Crippen LogP contribution in [0.4, 0.5) is 5.82 Å². The van der Waals surface area contributed by atoms with Crippen molar-refractivity contribution in [1.29, 1.82) is 0 Å². The van der Waals surface area contributed by atoms with Crippen molar-refractivity contribution in [2.24, 2.45) is 5.92 Å². The van der Waals surface area contributed by atoms with Gasteiger partial charge in [-0.3, -0.25) is 0 Å². The van der Waals surface area contributed by atoms with E-state index in [1.807, 2.05) is 41.5 Å². The zero-order chi connectivity index (χ0) is 18.5. The minimum absolute atomic E-state index is 0.264. The first-order chi connectivity index (χ1) is 13.3. The van der Waals surface area contributed by atoms with E-state index < -0.39 is 0 Å². The van der Waals surface area contributed by atoms with Gasteiger partial charge in [0.05, 0.1) is 12.4 Å². The number of pyridine rings is 1. The minimum atomic E-state index is -0.264. The smallest absolute Gasteiger partial charge is 0.128 e. The van der Waals surface area contributed by atoms with E-state index in [4.69, 9.17) is 0 Å². The molecule has 4 rings (SSSR count). The van der Waals surface area contributed by atoms with Crippen molar-refractivity contribution >= 4 is 5.82 Å². The third kappa shape index (κ3) is 4.55. The summed E-state index contributed by atoms with van der Waals surface area (Å²) in [5, 5.41) is 10.6. The molecule has 5 nitrogen and oxygen atoms in total. The fraction of sp³-hybridized carbons (Fsp3) is 0.364. The maximum Gasteiger partial charge on any atom is 0.128 e. The maximum atomic E-state index is 10.6.